The number of allylic oxidation sites excluding steroid dienone is 4. The minimum atomic E-state index is -0.932. The molecule has 1 N–H and O–H groups in total. The first-order valence-corrected chi connectivity index (χ1v) is 7.58. The van der Waals surface area contributed by atoms with E-state index in [9.17, 15) is 4.79 Å². The van der Waals surface area contributed by atoms with E-state index in [1.807, 2.05) is 19.1 Å². The molecule has 0 aromatic heterocycles. The van der Waals surface area contributed by atoms with Crippen molar-refractivity contribution < 1.29 is 14.6 Å². The molecule has 3 nitrogen and oxygen atoms in total. The number of carbonyl (C=O) groups is 1. The van der Waals surface area contributed by atoms with Gasteiger partial charge in [0.15, 0.2) is 0 Å². The Kier molecular flexibility index (Phi) is 5.22. The normalized spacial score (nSPS) is 15.2. The molecule has 0 atom stereocenters. The topological polar surface area (TPSA) is 46.5 Å². The summed E-state index contributed by atoms with van der Waals surface area (Å²) in [4.78, 5) is 10.6. The summed E-state index contributed by atoms with van der Waals surface area (Å²) < 4.78 is 5.90. The first-order chi connectivity index (χ1) is 10.9. The number of carboxylic acids is 1. The third kappa shape index (κ3) is 4.46. The number of aliphatic carboxylic acids is 1. The van der Waals surface area contributed by atoms with E-state index in [2.05, 4.69) is 32.1 Å². The Morgan fingerprint density at radius 1 is 1.26 bits per heavy atom. The van der Waals surface area contributed by atoms with Gasteiger partial charge >= 0.3 is 5.97 Å². The highest BCUT2D eigenvalue weighted by atomic mass is 16.5. The molecule has 1 aliphatic rings. The molecule has 0 fully saturated rings. The van der Waals surface area contributed by atoms with E-state index in [4.69, 9.17) is 9.84 Å². The molecule has 0 spiro atoms. The van der Waals surface area contributed by atoms with Gasteiger partial charge < -0.3 is 9.84 Å². The van der Waals surface area contributed by atoms with Crippen molar-refractivity contribution in [3.05, 3.63) is 69.8 Å². The highest BCUT2D eigenvalue weighted by Crippen LogP contribution is 2.32. The molecule has 0 amide bonds. The molecule has 0 saturated carbocycles. The predicted octanol–water partition coefficient (Wildman–Crippen LogP) is 4.61. The van der Waals surface area contributed by atoms with Gasteiger partial charge in [-0.1, -0.05) is 29.9 Å². The van der Waals surface area contributed by atoms with E-state index >= 15 is 0 Å². The van der Waals surface area contributed by atoms with Crippen LogP contribution in [0.25, 0.3) is 6.08 Å². The molecule has 0 aliphatic carbocycles. The Hall–Kier alpha value is -2.55. The fraction of sp³-hybridized carbons (Fsp3) is 0.250. The third-order valence-corrected chi connectivity index (χ3v) is 3.71. The standard InChI is InChI=1S/C20H22O3/c1-13(10-19(21)22)6-5-7-15(3)18-11-17-9-14(2)8-16(4)20(17)23-12-18/h5-11H,12H2,1-4H3,(H,21,22)/b6-5+,13-10+,15-7-. The Bertz CT molecular complexity index is 746. The second-order valence-electron chi connectivity index (χ2n) is 5.89. The van der Waals surface area contributed by atoms with Crippen molar-refractivity contribution in [3.8, 4) is 5.75 Å². The van der Waals surface area contributed by atoms with Gasteiger partial charge in [-0.2, -0.15) is 0 Å². The zero-order valence-electron chi connectivity index (χ0n) is 14.0. The van der Waals surface area contributed by atoms with Crippen LogP contribution in [0.4, 0.5) is 0 Å². The molecule has 0 unspecified atom stereocenters. The van der Waals surface area contributed by atoms with Gasteiger partial charge in [-0.3, -0.25) is 0 Å². The molecular formula is C20H22O3. The van der Waals surface area contributed by atoms with Crippen molar-refractivity contribution in [3.63, 3.8) is 0 Å². The molecule has 1 aliphatic heterocycles. The van der Waals surface area contributed by atoms with Gasteiger partial charge in [-0.15, -0.1) is 0 Å². The quantitative estimate of drug-likeness (QED) is 0.652. The van der Waals surface area contributed by atoms with Crippen LogP contribution in [-0.2, 0) is 4.79 Å². The molecule has 3 heteroatoms. The average molecular weight is 310 g/mol. The van der Waals surface area contributed by atoms with Crippen LogP contribution in [0.2, 0.25) is 0 Å². The maximum Gasteiger partial charge on any atom is 0.328 e. The summed E-state index contributed by atoms with van der Waals surface area (Å²) in [6.45, 7) is 8.49. The van der Waals surface area contributed by atoms with Gasteiger partial charge in [0.2, 0.25) is 0 Å². The Balaban J connectivity index is 2.22. The number of hydrogen-bond acceptors (Lipinski definition) is 2. The van der Waals surface area contributed by atoms with E-state index in [1.165, 1.54) is 11.6 Å². The minimum Gasteiger partial charge on any atom is -0.488 e. The van der Waals surface area contributed by atoms with Crippen LogP contribution in [0.5, 0.6) is 5.75 Å². The van der Waals surface area contributed by atoms with E-state index in [1.54, 1.807) is 13.0 Å². The highest BCUT2D eigenvalue weighted by Gasteiger charge is 2.14. The lowest BCUT2D eigenvalue weighted by atomic mass is 9.98. The average Bonchev–Trinajstić information content (AvgIpc) is 2.45. The van der Waals surface area contributed by atoms with Crippen LogP contribution in [-0.4, -0.2) is 17.7 Å². The first-order valence-electron chi connectivity index (χ1n) is 7.58. The van der Waals surface area contributed by atoms with Crippen LogP contribution in [0.1, 0.15) is 30.5 Å². The van der Waals surface area contributed by atoms with Gasteiger partial charge in [0, 0.05) is 11.6 Å². The maximum atomic E-state index is 10.6. The zero-order chi connectivity index (χ0) is 17.0. The van der Waals surface area contributed by atoms with E-state index in [0.717, 1.165) is 28.0 Å². The smallest absolute Gasteiger partial charge is 0.328 e. The van der Waals surface area contributed by atoms with Crippen LogP contribution >= 0.6 is 0 Å². The lowest BCUT2D eigenvalue weighted by Crippen LogP contribution is -2.09. The van der Waals surface area contributed by atoms with E-state index in [0.29, 0.717) is 12.2 Å². The Morgan fingerprint density at radius 3 is 2.70 bits per heavy atom. The number of ether oxygens (including phenoxy) is 1. The molecular weight excluding hydrogens is 288 g/mol. The minimum absolute atomic E-state index is 0.553. The van der Waals surface area contributed by atoms with Crippen molar-refractivity contribution in [2.75, 3.05) is 6.61 Å². The number of aryl methyl sites for hydroxylation is 2. The van der Waals surface area contributed by atoms with Gasteiger partial charge in [0.05, 0.1) is 0 Å². The van der Waals surface area contributed by atoms with Gasteiger partial charge in [-0.05, 0) is 62.1 Å². The fourth-order valence-corrected chi connectivity index (χ4v) is 2.59. The summed E-state index contributed by atoms with van der Waals surface area (Å²) in [6, 6.07) is 4.25. The molecule has 2 rings (SSSR count). The van der Waals surface area contributed by atoms with Crippen molar-refractivity contribution in [2.45, 2.75) is 27.7 Å². The molecule has 120 valence electrons. The Morgan fingerprint density at radius 2 is 2.00 bits per heavy atom. The second-order valence-corrected chi connectivity index (χ2v) is 5.89. The molecule has 1 aromatic carbocycles. The largest absolute Gasteiger partial charge is 0.488 e. The third-order valence-electron chi connectivity index (χ3n) is 3.71. The van der Waals surface area contributed by atoms with Crippen molar-refractivity contribution >= 4 is 12.0 Å². The highest BCUT2D eigenvalue weighted by molar-refractivity contribution is 5.81. The second kappa shape index (κ2) is 7.14. The zero-order valence-corrected chi connectivity index (χ0v) is 14.0. The van der Waals surface area contributed by atoms with E-state index in [-0.39, 0.29) is 0 Å². The summed E-state index contributed by atoms with van der Waals surface area (Å²) in [5.74, 6) is 0.0292. The number of rotatable bonds is 4. The summed E-state index contributed by atoms with van der Waals surface area (Å²) in [5.41, 5.74) is 6.43. The van der Waals surface area contributed by atoms with Gasteiger partial charge in [-0.25, -0.2) is 4.79 Å². The molecule has 0 radical (unpaired) electrons. The number of fused-ring (bicyclic) bond motifs is 1. The van der Waals surface area contributed by atoms with Crippen molar-refractivity contribution in [1.29, 1.82) is 0 Å². The van der Waals surface area contributed by atoms with Crippen LogP contribution in [0, 0.1) is 13.8 Å². The predicted molar refractivity (Wildman–Crippen MR) is 93.7 cm³/mol. The Labute approximate surface area is 137 Å². The van der Waals surface area contributed by atoms with Crippen LogP contribution < -0.4 is 4.74 Å². The maximum absolute atomic E-state index is 10.6. The monoisotopic (exact) mass is 310 g/mol. The summed E-state index contributed by atoms with van der Waals surface area (Å²) >= 11 is 0. The summed E-state index contributed by atoms with van der Waals surface area (Å²) in [5, 5.41) is 8.68. The van der Waals surface area contributed by atoms with Crippen molar-refractivity contribution in [1.82, 2.24) is 0 Å². The lowest BCUT2D eigenvalue weighted by Gasteiger charge is -2.20. The summed E-state index contributed by atoms with van der Waals surface area (Å²) in [6.07, 6.45) is 8.97. The van der Waals surface area contributed by atoms with Crippen LogP contribution in [0.3, 0.4) is 0 Å². The first kappa shape index (κ1) is 16.8. The molecule has 23 heavy (non-hydrogen) atoms. The van der Waals surface area contributed by atoms with E-state index < -0.39 is 5.97 Å². The van der Waals surface area contributed by atoms with Crippen molar-refractivity contribution in [2.24, 2.45) is 0 Å². The molecule has 1 aromatic rings. The lowest BCUT2D eigenvalue weighted by molar-refractivity contribution is -0.131. The van der Waals surface area contributed by atoms with Gasteiger partial charge in [0.1, 0.15) is 12.4 Å². The van der Waals surface area contributed by atoms with Crippen LogP contribution in [0.15, 0.2) is 53.2 Å². The molecule has 0 bridgehead atoms. The number of benzene rings is 1. The fourth-order valence-electron chi connectivity index (χ4n) is 2.59. The molecule has 0 saturated heterocycles. The summed E-state index contributed by atoms with van der Waals surface area (Å²) in [7, 11) is 0. The number of carboxylic acid groups (broad SMARTS) is 1. The van der Waals surface area contributed by atoms with Gasteiger partial charge in [0.25, 0.3) is 0 Å². The number of hydrogen-bond donors (Lipinski definition) is 1. The SMILES string of the molecule is C/C(=C/C=C/C(C)=C/C(=O)O)C1=Cc2cc(C)cc(C)c2OC1. The molecule has 1 heterocycles.